The lowest BCUT2D eigenvalue weighted by Gasteiger charge is -2.26. The van der Waals surface area contributed by atoms with Crippen molar-refractivity contribution in [2.75, 3.05) is 18.6 Å². The van der Waals surface area contributed by atoms with E-state index >= 15 is 0 Å². The van der Waals surface area contributed by atoms with Gasteiger partial charge in [0, 0.05) is 0 Å². The van der Waals surface area contributed by atoms with Gasteiger partial charge >= 0.3 is 5.97 Å². The fourth-order valence-electron chi connectivity index (χ4n) is 2.47. The van der Waals surface area contributed by atoms with Crippen molar-refractivity contribution in [3.63, 3.8) is 0 Å². The second-order valence-electron chi connectivity index (χ2n) is 7.39. The number of carboxylic acids is 1. The van der Waals surface area contributed by atoms with Gasteiger partial charge in [0.1, 0.15) is 12.1 Å². The minimum absolute atomic E-state index is 0.0435. The molecule has 0 spiro atoms. The van der Waals surface area contributed by atoms with E-state index in [0.29, 0.717) is 12.2 Å². The lowest BCUT2D eigenvalue weighted by Crippen LogP contribution is -2.59. The third kappa shape index (κ3) is 10.2. The van der Waals surface area contributed by atoms with Crippen LogP contribution in [0.5, 0.6) is 0 Å². The topological polar surface area (TPSA) is 191 Å². The Kier molecular flexibility index (Phi) is 13.3. The molecule has 0 saturated carbocycles. The van der Waals surface area contributed by atoms with Crippen LogP contribution in [0.2, 0.25) is 0 Å². The number of hydrogen-bond donors (Lipinski definition) is 7. The van der Waals surface area contributed by atoms with E-state index in [4.69, 9.17) is 10.8 Å². The third-order valence-electron chi connectivity index (χ3n) is 4.17. The van der Waals surface area contributed by atoms with Crippen molar-refractivity contribution in [3.05, 3.63) is 0 Å². The molecule has 8 N–H and O–H groups in total. The molecule has 174 valence electrons. The molecule has 0 fully saturated rings. The van der Waals surface area contributed by atoms with E-state index in [9.17, 15) is 29.4 Å². The van der Waals surface area contributed by atoms with Crippen molar-refractivity contribution in [1.82, 2.24) is 16.0 Å². The zero-order valence-electron chi connectivity index (χ0n) is 17.8. The van der Waals surface area contributed by atoms with E-state index in [1.165, 1.54) is 18.7 Å². The number of carbonyl (C=O) groups excluding carboxylic acids is 3. The van der Waals surface area contributed by atoms with Crippen LogP contribution < -0.4 is 21.7 Å². The van der Waals surface area contributed by atoms with Gasteiger partial charge < -0.3 is 37.0 Å². The zero-order valence-corrected chi connectivity index (χ0v) is 18.6. The molecule has 0 bridgehead atoms. The van der Waals surface area contributed by atoms with Crippen LogP contribution in [0.1, 0.15) is 33.6 Å². The van der Waals surface area contributed by atoms with Crippen molar-refractivity contribution in [1.29, 1.82) is 0 Å². The van der Waals surface area contributed by atoms with Gasteiger partial charge in [0.15, 0.2) is 6.04 Å². The highest BCUT2D eigenvalue weighted by Crippen LogP contribution is 2.07. The fraction of sp³-hybridized carbons (Fsp3) is 0.778. The molecule has 30 heavy (non-hydrogen) atoms. The van der Waals surface area contributed by atoms with E-state index in [-0.39, 0.29) is 12.3 Å². The number of hydrogen-bond acceptors (Lipinski definition) is 8. The molecular weight excluding hydrogens is 416 g/mol. The predicted molar refractivity (Wildman–Crippen MR) is 113 cm³/mol. The number of rotatable bonds is 14. The largest absolute Gasteiger partial charge is 0.480 e. The second kappa shape index (κ2) is 14.2. The van der Waals surface area contributed by atoms with Gasteiger partial charge in [0.25, 0.3) is 0 Å². The van der Waals surface area contributed by atoms with Crippen molar-refractivity contribution < 1.29 is 34.5 Å². The van der Waals surface area contributed by atoms with Crippen LogP contribution in [-0.2, 0) is 19.2 Å². The molecule has 0 rings (SSSR count). The first-order chi connectivity index (χ1) is 13.9. The standard InChI is InChI=1S/C18H34N4O7S/c1-9(2)7-12(16(26)22-14(10(3)24)18(28)29)20-17(27)13(8-23)21-15(25)11(19)5-6-30-4/h9-14,23-24H,5-8,19H2,1-4H3,(H,20,27)(H,21,25)(H,22,26)(H,28,29). The monoisotopic (exact) mass is 450 g/mol. The van der Waals surface area contributed by atoms with E-state index in [1.54, 1.807) is 13.8 Å². The van der Waals surface area contributed by atoms with Gasteiger partial charge in [0.2, 0.25) is 17.7 Å². The number of amides is 3. The van der Waals surface area contributed by atoms with Crippen molar-refractivity contribution in [3.8, 4) is 0 Å². The number of carbonyl (C=O) groups is 4. The molecule has 0 aromatic heterocycles. The summed E-state index contributed by atoms with van der Waals surface area (Å²) in [5.41, 5.74) is 5.75. The van der Waals surface area contributed by atoms with Gasteiger partial charge in [-0.3, -0.25) is 14.4 Å². The quantitative estimate of drug-likeness (QED) is 0.157. The van der Waals surface area contributed by atoms with E-state index in [0.717, 1.165) is 0 Å². The minimum atomic E-state index is -1.55. The predicted octanol–water partition coefficient (Wildman–Crippen LogP) is -1.97. The molecule has 0 aliphatic rings. The normalized spacial score (nSPS) is 16.1. The van der Waals surface area contributed by atoms with Crippen LogP contribution in [0.25, 0.3) is 0 Å². The lowest BCUT2D eigenvalue weighted by atomic mass is 10.0. The Morgan fingerprint density at radius 1 is 0.967 bits per heavy atom. The molecule has 0 aromatic carbocycles. The van der Waals surface area contributed by atoms with Crippen LogP contribution >= 0.6 is 11.8 Å². The maximum absolute atomic E-state index is 12.5. The Hall–Kier alpha value is -1.89. The molecule has 5 atom stereocenters. The van der Waals surface area contributed by atoms with Gasteiger partial charge in [-0.05, 0) is 37.7 Å². The highest BCUT2D eigenvalue weighted by atomic mass is 32.2. The molecule has 5 unspecified atom stereocenters. The van der Waals surface area contributed by atoms with Gasteiger partial charge in [-0.2, -0.15) is 11.8 Å². The van der Waals surface area contributed by atoms with Crippen LogP contribution in [0.15, 0.2) is 0 Å². The highest BCUT2D eigenvalue weighted by Gasteiger charge is 2.32. The summed E-state index contributed by atoms with van der Waals surface area (Å²) in [6.45, 7) is 4.10. The third-order valence-corrected chi connectivity index (χ3v) is 4.82. The lowest BCUT2D eigenvalue weighted by molar-refractivity contribution is -0.145. The number of aliphatic carboxylic acids is 1. The summed E-state index contributed by atoms with van der Waals surface area (Å²) in [6, 6.07) is -4.86. The summed E-state index contributed by atoms with van der Waals surface area (Å²) in [7, 11) is 0. The maximum atomic E-state index is 12.5. The number of thioether (sulfide) groups is 1. The minimum Gasteiger partial charge on any atom is -0.480 e. The first kappa shape index (κ1) is 28.1. The molecule has 0 aliphatic heterocycles. The first-order valence-corrected chi connectivity index (χ1v) is 11.0. The number of nitrogens with one attached hydrogen (secondary N) is 3. The van der Waals surface area contributed by atoms with Crippen LogP contribution in [-0.4, -0.2) is 87.9 Å². The summed E-state index contributed by atoms with van der Waals surface area (Å²) in [5.74, 6) is -3.04. The fourth-order valence-corrected chi connectivity index (χ4v) is 2.96. The molecule has 0 radical (unpaired) electrons. The van der Waals surface area contributed by atoms with E-state index < -0.39 is 60.6 Å². The molecule has 0 saturated heterocycles. The highest BCUT2D eigenvalue weighted by molar-refractivity contribution is 7.98. The average molecular weight is 451 g/mol. The number of aliphatic hydroxyl groups excluding tert-OH is 2. The molecule has 0 heterocycles. The Labute approximate surface area is 180 Å². The Balaban J connectivity index is 5.20. The molecular formula is C18H34N4O7S. The summed E-state index contributed by atoms with van der Waals surface area (Å²) < 4.78 is 0. The van der Waals surface area contributed by atoms with Crippen LogP contribution in [0, 0.1) is 5.92 Å². The van der Waals surface area contributed by atoms with Gasteiger partial charge in [-0.1, -0.05) is 13.8 Å². The van der Waals surface area contributed by atoms with Crippen molar-refractivity contribution >= 4 is 35.5 Å². The number of aliphatic hydroxyl groups is 2. The number of nitrogens with two attached hydrogens (primary N) is 1. The van der Waals surface area contributed by atoms with Gasteiger partial charge in [0.05, 0.1) is 18.8 Å². The summed E-state index contributed by atoms with van der Waals surface area (Å²) in [6.07, 6.45) is 1.07. The Bertz CT molecular complexity index is 589. The SMILES string of the molecule is CSCCC(N)C(=O)NC(CO)C(=O)NC(CC(C)C)C(=O)NC(C(=O)O)C(C)O. The molecule has 12 heteroatoms. The smallest absolute Gasteiger partial charge is 0.328 e. The summed E-state index contributed by atoms with van der Waals surface area (Å²) in [5, 5.41) is 35.1. The maximum Gasteiger partial charge on any atom is 0.328 e. The molecule has 11 nitrogen and oxygen atoms in total. The first-order valence-electron chi connectivity index (χ1n) is 9.61. The molecule has 0 aliphatic carbocycles. The Morgan fingerprint density at radius 2 is 1.50 bits per heavy atom. The summed E-state index contributed by atoms with van der Waals surface area (Å²) in [4.78, 5) is 48.3. The number of carboxylic acid groups (broad SMARTS) is 1. The van der Waals surface area contributed by atoms with Gasteiger partial charge in [-0.15, -0.1) is 0 Å². The second-order valence-corrected chi connectivity index (χ2v) is 8.37. The van der Waals surface area contributed by atoms with Gasteiger partial charge in [-0.25, -0.2) is 4.79 Å². The zero-order chi connectivity index (χ0) is 23.4. The van der Waals surface area contributed by atoms with Crippen molar-refractivity contribution in [2.45, 2.75) is 63.9 Å². The molecule has 0 aromatic rings. The van der Waals surface area contributed by atoms with E-state index in [1.807, 2.05) is 6.26 Å². The molecule has 3 amide bonds. The van der Waals surface area contributed by atoms with Crippen LogP contribution in [0.4, 0.5) is 0 Å². The van der Waals surface area contributed by atoms with Crippen LogP contribution in [0.3, 0.4) is 0 Å². The van der Waals surface area contributed by atoms with Crippen molar-refractivity contribution in [2.24, 2.45) is 11.7 Å². The van der Waals surface area contributed by atoms with E-state index in [2.05, 4.69) is 16.0 Å². The Morgan fingerprint density at radius 3 is 1.93 bits per heavy atom. The average Bonchev–Trinajstić information content (AvgIpc) is 2.66. The summed E-state index contributed by atoms with van der Waals surface area (Å²) >= 11 is 1.51.